The van der Waals surface area contributed by atoms with Gasteiger partial charge in [0.2, 0.25) is 0 Å². The number of benzene rings is 1. The third-order valence-corrected chi connectivity index (χ3v) is 5.20. The molecule has 0 N–H and O–H groups in total. The summed E-state index contributed by atoms with van der Waals surface area (Å²) in [7, 11) is 3.15. The molecule has 0 bridgehead atoms. The minimum absolute atomic E-state index is 0.0306. The van der Waals surface area contributed by atoms with Crippen LogP contribution in [-0.4, -0.2) is 70.8 Å². The Morgan fingerprint density at radius 2 is 1.72 bits per heavy atom. The Balaban J connectivity index is 1.49. The van der Waals surface area contributed by atoms with E-state index in [0.29, 0.717) is 49.0 Å². The quantitative estimate of drug-likeness (QED) is 0.648. The lowest BCUT2D eigenvalue weighted by Gasteiger charge is -2.35. The molecule has 0 atom stereocenters. The average molecular weight is 396 g/mol. The van der Waals surface area contributed by atoms with Crippen molar-refractivity contribution < 1.29 is 14.3 Å². The third-order valence-electron chi connectivity index (χ3n) is 5.20. The molecule has 0 aliphatic carbocycles. The number of aryl methyl sites for hydroxylation is 1. The fourth-order valence-electron chi connectivity index (χ4n) is 3.55. The summed E-state index contributed by atoms with van der Waals surface area (Å²) in [6, 6.07) is 7.31. The molecule has 0 unspecified atom stereocenters. The van der Waals surface area contributed by atoms with Gasteiger partial charge >= 0.3 is 0 Å². The molecule has 152 valence electrons. The van der Waals surface area contributed by atoms with Crippen molar-refractivity contribution in [1.29, 1.82) is 0 Å². The molecule has 29 heavy (non-hydrogen) atoms. The molecule has 4 rings (SSSR count). The first-order valence-corrected chi connectivity index (χ1v) is 9.60. The van der Waals surface area contributed by atoms with Crippen LogP contribution in [0.3, 0.4) is 0 Å². The van der Waals surface area contributed by atoms with Crippen molar-refractivity contribution in [2.24, 2.45) is 0 Å². The summed E-state index contributed by atoms with van der Waals surface area (Å²) < 4.78 is 12.5. The monoisotopic (exact) mass is 396 g/mol. The summed E-state index contributed by atoms with van der Waals surface area (Å²) in [5.74, 6) is 2.64. The fourth-order valence-corrected chi connectivity index (χ4v) is 3.55. The Morgan fingerprint density at radius 1 is 1.03 bits per heavy atom. The lowest BCUT2D eigenvalue weighted by Crippen LogP contribution is -2.49. The third kappa shape index (κ3) is 3.67. The van der Waals surface area contributed by atoms with E-state index in [-0.39, 0.29) is 5.91 Å². The number of rotatable bonds is 5. The highest BCUT2D eigenvalue weighted by Gasteiger charge is 2.24. The number of amides is 1. The van der Waals surface area contributed by atoms with Gasteiger partial charge in [-0.2, -0.15) is 4.98 Å². The molecule has 1 saturated heterocycles. The Labute approximate surface area is 168 Å². The van der Waals surface area contributed by atoms with E-state index in [1.165, 1.54) is 0 Å². The van der Waals surface area contributed by atoms with Gasteiger partial charge < -0.3 is 19.3 Å². The Bertz CT molecular complexity index is 1000. The number of anilines is 1. The lowest BCUT2D eigenvalue weighted by molar-refractivity contribution is 0.0745. The number of carbonyl (C=O) groups is 1. The largest absolute Gasteiger partial charge is 0.497 e. The maximum Gasteiger partial charge on any atom is 0.256 e. The molecular weight excluding hydrogens is 372 g/mol. The highest BCUT2D eigenvalue weighted by molar-refractivity contribution is 5.95. The van der Waals surface area contributed by atoms with E-state index in [2.05, 4.69) is 33.1 Å². The summed E-state index contributed by atoms with van der Waals surface area (Å²) in [6.07, 6.45) is 2.55. The highest BCUT2D eigenvalue weighted by Crippen LogP contribution is 2.24. The molecule has 0 spiro atoms. The van der Waals surface area contributed by atoms with Crippen molar-refractivity contribution in [1.82, 2.24) is 24.5 Å². The van der Waals surface area contributed by atoms with Gasteiger partial charge in [0.15, 0.2) is 0 Å². The number of hydrogen-bond acceptors (Lipinski definition) is 7. The zero-order chi connectivity index (χ0) is 20.4. The summed E-state index contributed by atoms with van der Waals surface area (Å²) in [6.45, 7) is 4.72. The highest BCUT2D eigenvalue weighted by atomic mass is 16.5. The molecule has 0 radical (unpaired) electrons. The predicted octanol–water partition coefficient (Wildman–Crippen LogP) is 1.67. The van der Waals surface area contributed by atoms with Gasteiger partial charge in [-0.25, -0.2) is 0 Å². The van der Waals surface area contributed by atoms with Gasteiger partial charge in [-0.1, -0.05) is 6.92 Å². The van der Waals surface area contributed by atoms with Gasteiger partial charge in [-0.15, -0.1) is 10.2 Å². The Hall–Kier alpha value is -3.36. The number of piperazine rings is 1. The lowest BCUT2D eigenvalue weighted by atomic mass is 10.1. The minimum Gasteiger partial charge on any atom is -0.497 e. The molecule has 3 heterocycles. The van der Waals surface area contributed by atoms with Crippen LogP contribution in [0.4, 0.5) is 5.82 Å². The van der Waals surface area contributed by atoms with Crippen molar-refractivity contribution in [3.8, 4) is 11.5 Å². The van der Waals surface area contributed by atoms with E-state index in [0.717, 1.165) is 17.9 Å². The zero-order valence-electron chi connectivity index (χ0n) is 16.8. The molecule has 0 saturated carbocycles. The van der Waals surface area contributed by atoms with Crippen LogP contribution in [0.15, 0.2) is 30.6 Å². The molecule has 1 amide bonds. The van der Waals surface area contributed by atoms with Crippen molar-refractivity contribution in [2.45, 2.75) is 13.3 Å². The second kappa shape index (κ2) is 7.94. The Kier molecular flexibility index (Phi) is 5.20. The summed E-state index contributed by atoms with van der Waals surface area (Å²) in [5.41, 5.74) is 1.67. The SMILES string of the molecule is CCc1cc(N2CCN(C(=O)c3cc(OC)cc(OC)c3)CC2)nc2nncn12. The van der Waals surface area contributed by atoms with E-state index in [9.17, 15) is 4.79 Å². The molecule has 1 aliphatic heterocycles. The van der Waals surface area contributed by atoms with Crippen molar-refractivity contribution in [3.63, 3.8) is 0 Å². The van der Waals surface area contributed by atoms with E-state index in [1.54, 1.807) is 38.7 Å². The van der Waals surface area contributed by atoms with Crippen LogP contribution in [-0.2, 0) is 6.42 Å². The maximum absolute atomic E-state index is 13.0. The second-order valence-corrected chi connectivity index (χ2v) is 6.84. The van der Waals surface area contributed by atoms with Crippen LogP contribution in [0.5, 0.6) is 11.5 Å². The molecular formula is C20H24N6O3. The van der Waals surface area contributed by atoms with E-state index >= 15 is 0 Å². The molecule has 2 aromatic heterocycles. The van der Waals surface area contributed by atoms with Crippen LogP contribution in [0.2, 0.25) is 0 Å². The first-order valence-electron chi connectivity index (χ1n) is 9.60. The van der Waals surface area contributed by atoms with Gasteiger partial charge in [0, 0.05) is 49.6 Å². The molecule has 1 aromatic carbocycles. The first kappa shape index (κ1) is 19.0. The Morgan fingerprint density at radius 3 is 2.34 bits per heavy atom. The zero-order valence-corrected chi connectivity index (χ0v) is 16.8. The number of aromatic nitrogens is 4. The number of methoxy groups -OCH3 is 2. The molecule has 9 heteroatoms. The fraction of sp³-hybridized carbons (Fsp3) is 0.400. The smallest absolute Gasteiger partial charge is 0.256 e. The number of ether oxygens (including phenoxy) is 2. The summed E-state index contributed by atoms with van der Waals surface area (Å²) in [4.78, 5) is 21.6. The van der Waals surface area contributed by atoms with Crippen LogP contribution >= 0.6 is 0 Å². The molecule has 3 aromatic rings. The van der Waals surface area contributed by atoms with Gasteiger partial charge in [0.1, 0.15) is 23.6 Å². The number of fused-ring (bicyclic) bond motifs is 1. The van der Waals surface area contributed by atoms with Crippen LogP contribution in [0.25, 0.3) is 5.78 Å². The van der Waals surface area contributed by atoms with E-state index in [1.807, 2.05) is 9.30 Å². The first-order chi connectivity index (χ1) is 14.1. The van der Waals surface area contributed by atoms with E-state index < -0.39 is 0 Å². The minimum atomic E-state index is -0.0306. The standard InChI is InChI=1S/C20H24N6O3/c1-4-15-11-18(22-20-23-21-13-26(15)20)24-5-7-25(8-6-24)19(27)14-9-16(28-2)12-17(10-14)29-3/h9-13H,4-8H2,1-3H3. The maximum atomic E-state index is 13.0. The number of nitrogens with zero attached hydrogens (tertiary/aromatic N) is 6. The number of hydrogen-bond donors (Lipinski definition) is 0. The van der Waals surface area contributed by atoms with E-state index in [4.69, 9.17) is 9.47 Å². The normalized spacial score (nSPS) is 14.3. The van der Waals surface area contributed by atoms with Gasteiger partial charge in [0.05, 0.1) is 14.2 Å². The van der Waals surface area contributed by atoms with Crippen LogP contribution < -0.4 is 14.4 Å². The van der Waals surface area contributed by atoms with Gasteiger partial charge in [-0.3, -0.25) is 9.20 Å². The number of carbonyl (C=O) groups excluding carboxylic acids is 1. The molecule has 9 nitrogen and oxygen atoms in total. The summed E-state index contributed by atoms with van der Waals surface area (Å²) >= 11 is 0. The van der Waals surface area contributed by atoms with Crippen molar-refractivity contribution in [3.05, 3.63) is 41.9 Å². The summed E-state index contributed by atoms with van der Waals surface area (Å²) in [5, 5.41) is 8.04. The molecule has 1 fully saturated rings. The van der Waals surface area contributed by atoms with Crippen molar-refractivity contribution in [2.75, 3.05) is 45.3 Å². The van der Waals surface area contributed by atoms with Crippen LogP contribution in [0, 0.1) is 0 Å². The predicted molar refractivity (Wildman–Crippen MR) is 108 cm³/mol. The second-order valence-electron chi connectivity index (χ2n) is 6.84. The average Bonchev–Trinajstić information content (AvgIpc) is 3.26. The molecule has 1 aliphatic rings. The van der Waals surface area contributed by atoms with Gasteiger partial charge in [-0.05, 0) is 18.6 Å². The topological polar surface area (TPSA) is 85.1 Å². The van der Waals surface area contributed by atoms with Gasteiger partial charge in [0.25, 0.3) is 11.7 Å². The van der Waals surface area contributed by atoms with Crippen molar-refractivity contribution >= 4 is 17.5 Å². The van der Waals surface area contributed by atoms with Crippen LogP contribution in [0.1, 0.15) is 23.0 Å².